The topological polar surface area (TPSA) is 70.6 Å². The van der Waals surface area contributed by atoms with Gasteiger partial charge in [0.25, 0.3) is 0 Å². The summed E-state index contributed by atoms with van der Waals surface area (Å²) in [5.74, 6) is 1.47. The molecule has 5 heteroatoms. The van der Waals surface area contributed by atoms with Gasteiger partial charge in [0.15, 0.2) is 0 Å². The Morgan fingerprint density at radius 1 is 1.06 bits per heavy atom. The molecule has 2 amide bonds. The molecule has 172 valence electrons. The second-order valence-corrected chi connectivity index (χ2v) is 8.90. The zero-order valence-corrected chi connectivity index (χ0v) is 19.7. The number of aliphatic hydroxyl groups is 1. The summed E-state index contributed by atoms with van der Waals surface area (Å²) in [7, 11) is 0. The average molecular weight is 445 g/mol. The summed E-state index contributed by atoms with van der Waals surface area (Å²) in [4.78, 5) is 12.5. The van der Waals surface area contributed by atoms with Gasteiger partial charge in [-0.1, -0.05) is 68.4 Å². The number of carbonyl (C=O) groups is 1. The fourth-order valence-electron chi connectivity index (χ4n) is 4.68. The molecular weight excluding hydrogens is 412 g/mol. The van der Waals surface area contributed by atoms with E-state index in [4.69, 9.17) is 9.84 Å². The number of benzene rings is 3. The highest BCUT2D eigenvalue weighted by Crippen LogP contribution is 2.50. The van der Waals surface area contributed by atoms with Gasteiger partial charge in [0, 0.05) is 29.3 Å². The summed E-state index contributed by atoms with van der Waals surface area (Å²) < 4.78 is 6.35. The number of amides is 2. The van der Waals surface area contributed by atoms with Crippen LogP contribution >= 0.6 is 0 Å². The SMILES string of the molecule is Cc1c(NC(=O)NCCO)c(C)c2c(c1-c1ccccc1)OCC2c1ccc(C(C)C)cc1. The van der Waals surface area contributed by atoms with Gasteiger partial charge in [0.2, 0.25) is 0 Å². The van der Waals surface area contributed by atoms with E-state index in [1.54, 1.807) is 0 Å². The molecule has 0 spiro atoms. The van der Waals surface area contributed by atoms with E-state index in [9.17, 15) is 4.79 Å². The Morgan fingerprint density at radius 2 is 1.76 bits per heavy atom. The molecule has 1 unspecified atom stereocenters. The molecule has 0 radical (unpaired) electrons. The molecule has 33 heavy (non-hydrogen) atoms. The molecular formula is C28H32N2O3. The molecule has 0 saturated heterocycles. The number of carbonyl (C=O) groups excluding carboxylic acids is 1. The van der Waals surface area contributed by atoms with E-state index in [0.717, 1.165) is 39.3 Å². The van der Waals surface area contributed by atoms with Crippen molar-refractivity contribution >= 4 is 11.7 Å². The van der Waals surface area contributed by atoms with Crippen LogP contribution in [0.1, 0.15) is 53.5 Å². The van der Waals surface area contributed by atoms with E-state index < -0.39 is 0 Å². The van der Waals surface area contributed by atoms with E-state index in [1.165, 1.54) is 11.1 Å². The van der Waals surface area contributed by atoms with Gasteiger partial charge in [-0.05, 0) is 47.6 Å². The molecule has 1 atom stereocenters. The first-order chi connectivity index (χ1) is 15.9. The van der Waals surface area contributed by atoms with E-state index in [1.807, 2.05) is 32.0 Å². The Kier molecular flexibility index (Phi) is 6.70. The van der Waals surface area contributed by atoms with Crippen molar-refractivity contribution in [1.29, 1.82) is 0 Å². The van der Waals surface area contributed by atoms with Gasteiger partial charge < -0.3 is 20.5 Å². The number of nitrogens with one attached hydrogen (secondary N) is 2. The zero-order chi connectivity index (χ0) is 23.5. The smallest absolute Gasteiger partial charge is 0.319 e. The minimum atomic E-state index is -0.328. The van der Waals surface area contributed by atoms with Crippen molar-refractivity contribution in [2.45, 2.75) is 39.5 Å². The maximum Gasteiger partial charge on any atom is 0.319 e. The number of hydrogen-bond acceptors (Lipinski definition) is 3. The fraction of sp³-hybridized carbons (Fsp3) is 0.321. The van der Waals surface area contributed by atoms with E-state index >= 15 is 0 Å². The Balaban J connectivity index is 1.85. The molecule has 0 aliphatic carbocycles. The van der Waals surface area contributed by atoms with Crippen molar-refractivity contribution in [1.82, 2.24) is 5.32 Å². The lowest BCUT2D eigenvalue weighted by atomic mass is 9.84. The second kappa shape index (κ2) is 9.67. The standard InChI is InChI=1S/C28H32N2O3/c1-17(2)20-10-12-21(13-11-20)23-16-33-27-24(22-8-6-5-7-9-22)18(3)26(19(4)25(23)27)30-28(32)29-14-15-31/h5-13,17,23,31H,14-16H2,1-4H3,(H2,29,30,32). The lowest BCUT2D eigenvalue weighted by molar-refractivity contribution is 0.244. The highest BCUT2D eigenvalue weighted by molar-refractivity contribution is 5.95. The summed E-state index contributed by atoms with van der Waals surface area (Å²) in [6.45, 7) is 9.12. The molecule has 1 aliphatic rings. The van der Waals surface area contributed by atoms with Gasteiger partial charge in [0.05, 0.1) is 13.2 Å². The van der Waals surface area contributed by atoms with Crippen molar-refractivity contribution < 1.29 is 14.6 Å². The predicted octanol–water partition coefficient (Wildman–Crippen LogP) is 5.73. The van der Waals surface area contributed by atoms with Crippen LogP contribution in [-0.2, 0) is 0 Å². The van der Waals surface area contributed by atoms with Crippen molar-refractivity contribution in [2.24, 2.45) is 0 Å². The van der Waals surface area contributed by atoms with Crippen LogP contribution < -0.4 is 15.4 Å². The maximum absolute atomic E-state index is 12.5. The molecule has 0 fully saturated rings. The highest BCUT2D eigenvalue weighted by atomic mass is 16.5. The molecule has 0 aromatic heterocycles. The lowest BCUT2D eigenvalue weighted by Gasteiger charge is -2.22. The Labute approximate surface area is 195 Å². The summed E-state index contributed by atoms with van der Waals surface area (Å²) in [6.07, 6.45) is 0. The first kappa shape index (κ1) is 22.9. The van der Waals surface area contributed by atoms with Gasteiger partial charge in [0.1, 0.15) is 5.75 Å². The summed E-state index contributed by atoms with van der Waals surface area (Å²) >= 11 is 0. The Morgan fingerprint density at radius 3 is 2.39 bits per heavy atom. The molecule has 0 bridgehead atoms. The number of urea groups is 1. The van der Waals surface area contributed by atoms with Crippen LogP contribution in [0.15, 0.2) is 54.6 Å². The minimum Gasteiger partial charge on any atom is -0.492 e. The third-order valence-electron chi connectivity index (χ3n) is 6.45. The Bertz CT molecular complexity index is 1140. The number of rotatable bonds is 6. The lowest BCUT2D eigenvalue weighted by Crippen LogP contribution is -2.31. The van der Waals surface area contributed by atoms with E-state index in [2.05, 4.69) is 60.9 Å². The van der Waals surface area contributed by atoms with Crippen LogP contribution in [0.5, 0.6) is 5.75 Å². The van der Waals surface area contributed by atoms with Crippen LogP contribution in [0.2, 0.25) is 0 Å². The molecule has 3 N–H and O–H groups in total. The van der Waals surface area contributed by atoms with Crippen molar-refractivity contribution in [3.8, 4) is 16.9 Å². The monoisotopic (exact) mass is 444 g/mol. The van der Waals surface area contributed by atoms with Crippen LogP contribution in [0, 0.1) is 13.8 Å². The largest absolute Gasteiger partial charge is 0.492 e. The van der Waals surface area contributed by atoms with E-state index in [0.29, 0.717) is 12.5 Å². The maximum atomic E-state index is 12.5. The zero-order valence-electron chi connectivity index (χ0n) is 19.7. The van der Waals surface area contributed by atoms with Crippen molar-refractivity contribution in [3.05, 3.63) is 82.4 Å². The summed E-state index contributed by atoms with van der Waals surface area (Å²) in [5.41, 5.74) is 8.47. The fourth-order valence-corrected chi connectivity index (χ4v) is 4.68. The first-order valence-electron chi connectivity index (χ1n) is 11.5. The van der Waals surface area contributed by atoms with Gasteiger partial charge in [-0.3, -0.25) is 0 Å². The molecule has 5 nitrogen and oxygen atoms in total. The summed E-state index contributed by atoms with van der Waals surface area (Å²) in [5, 5.41) is 14.8. The number of fused-ring (bicyclic) bond motifs is 1. The van der Waals surface area contributed by atoms with Crippen molar-refractivity contribution in [2.75, 3.05) is 25.1 Å². The van der Waals surface area contributed by atoms with Gasteiger partial charge in [-0.15, -0.1) is 0 Å². The second-order valence-electron chi connectivity index (χ2n) is 8.90. The number of anilines is 1. The average Bonchev–Trinajstić information content (AvgIpc) is 3.26. The third-order valence-corrected chi connectivity index (χ3v) is 6.45. The predicted molar refractivity (Wildman–Crippen MR) is 133 cm³/mol. The minimum absolute atomic E-state index is 0.0883. The van der Waals surface area contributed by atoms with Crippen LogP contribution in [-0.4, -0.2) is 30.9 Å². The number of aliphatic hydroxyl groups excluding tert-OH is 1. The van der Waals surface area contributed by atoms with Crippen molar-refractivity contribution in [3.63, 3.8) is 0 Å². The molecule has 0 saturated carbocycles. The molecule has 3 aromatic carbocycles. The van der Waals surface area contributed by atoms with E-state index in [-0.39, 0.29) is 25.1 Å². The van der Waals surface area contributed by atoms with Gasteiger partial charge in [-0.2, -0.15) is 0 Å². The molecule has 1 heterocycles. The third kappa shape index (κ3) is 4.46. The highest BCUT2D eigenvalue weighted by Gasteiger charge is 2.33. The van der Waals surface area contributed by atoms with Crippen LogP contribution in [0.4, 0.5) is 10.5 Å². The quantitative estimate of drug-likeness (QED) is 0.455. The Hall–Kier alpha value is -3.31. The molecule has 3 aromatic rings. The normalized spacial score (nSPS) is 14.7. The van der Waals surface area contributed by atoms with Crippen LogP contribution in [0.3, 0.4) is 0 Å². The molecule has 4 rings (SSSR count). The van der Waals surface area contributed by atoms with Gasteiger partial charge in [-0.25, -0.2) is 4.79 Å². The number of hydrogen-bond donors (Lipinski definition) is 3. The summed E-state index contributed by atoms with van der Waals surface area (Å²) in [6, 6.07) is 18.6. The molecule has 1 aliphatic heterocycles. The van der Waals surface area contributed by atoms with Gasteiger partial charge >= 0.3 is 6.03 Å². The van der Waals surface area contributed by atoms with Crippen LogP contribution in [0.25, 0.3) is 11.1 Å². The first-order valence-corrected chi connectivity index (χ1v) is 11.5. The number of ether oxygens (including phenoxy) is 1.